The number of hydrogen-bond acceptors (Lipinski definition) is 3. The summed E-state index contributed by atoms with van der Waals surface area (Å²) in [5.41, 5.74) is 0. The van der Waals surface area contributed by atoms with E-state index in [9.17, 15) is 4.39 Å². The molecular weight excluding hydrogens is 197 g/mol. The fraction of sp³-hybridized carbons (Fsp3) is 0.818. The Bertz CT molecular complexity index is 244. The first kappa shape index (κ1) is 12.4. The Labute approximate surface area is 89.9 Å². The minimum Gasteiger partial charge on any atom is -0.384 e. The molecule has 0 aromatic carbocycles. The number of halogens is 1. The molecule has 1 atom stereocenters. The van der Waals surface area contributed by atoms with E-state index in [1.165, 1.54) is 11.8 Å². The maximum Gasteiger partial charge on any atom is 0.263 e. The highest BCUT2D eigenvalue weighted by molar-refractivity contribution is 5.00. The molecule has 1 saturated heterocycles. The monoisotopic (exact) mass is 215 g/mol. The summed E-state index contributed by atoms with van der Waals surface area (Å²) in [7, 11) is 0. The van der Waals surface area contributed by atoms with E-state index in [1.807, 2.05) is 0 Å². The maximum absolute atomic E-state index is 13.1. The van der Waals surface area contributed by atoms with Crippen molar-refractivity contribution in [2.75, 3.05) is 19.7 Å². The SMILES string of the molecule is CC(O)(F)N1CCC(CC#CCO)CC1. The number of rotatable bonds is 2. The van der Waals surface area contributed by atoms with Gasteiger partial charge in [-0.2, -0.15) is 4.39 Å². The molecule has 0 aromatic heterocycles. The maximum atomic E-state index is 13.1. The predicted octanol–water partition coefficient (Wildman–Crippen LogP) is 0.720. The lowest BCUT2D eigenvalue weighted by Crippen LogP contribution is -2.47. The summed E-state index contributed by atoms with van der Waals surface area (Å²) in [4.78, 5) is 1.43. The fourth-order valence-electron chi connectivity index (χ4n) is 1.82. The van der Waals surface area contributed by atoms with Gasteiger partial charge in [-0.3, -0.25) is 0 Å². The number of aliphatic hydroxyl groups excluding tert-OH is 1. The van der Waals surface area contributed by atoms with Gasteiger partial charge in [-0.05, 0) is 18.8 Å². The lowest BCUT2D eigenvalue weighted by Gasteiger charge is -2.36. The van der Waals surface area contributed by atoms with E-state index in [2.05, 4.69) is 11.8 Å². The molecule has 1 heterocycles. The van der Waals surface area contributed by atoms with E-state index in [4.69, 9.17) is 10.2 Å². The topological polar surface area (TPSA) is 43.7 Å². The van der Waals surface area contributed by atoms with Crippen molar-refractivity contribution in [2.24, 2.45) is 5.92 Å². The van der Waals surface area contributed by atoms with Crippen molar-refractivity contribution in [1.82, 2.24) is 4.90 Å². The zero-order valence-corrected chi connectivity index (χ0v) is 9.04. The highest BCUT2D eigenvalue weighted by atomic mass is 19.2. The van der Waals surface area contributed by atoms with Crippen LogP contribution >= 0.6 is 0 Å². The van der Waals surface area contributed by atoms with Crippen molar-refractivity contribution in [3.8, 4) is 11.8 Å². The summed E-state index contributed by atoms with van der Waals surface area (Å²) in [5.74, 6) is 3.76. The van der Waals surface area contributed by atoms with Crippen LogP contribution in [0.5, 0.6) is 0 Å². The van der Waals surface area contributed by atoms with Gasteiger partial charge in [0.25, 0.3) is 5.98 Å². The zero-order valence-electron chi connectivity index (χ0n) is 9.04. The van der Waals surface area contributed by atoms with Gasteiger partial charge in [-0.15, -0.1) is 5.92 Å². The van der Waals surface area contributed by atoms with E-state index >= 15 is 0 Å². The smallest absolute Gasteiger partial charge is 0.263 e. The summed E-state index contributed by atoms with van der Waals surface area (Å²) < 4.78 is 13.1. The molecule has 0 spiro atoms. The van der Waals surface area contributed by atoms with Crippen LogP contribution in [-0.4, -0.2) is 40.8 Å². The van der Waals surface area contributed by atoms with E-state index in [0.29, 0.717) is 19.0 Å². The standard InChI is InChI=1S/C11H18FNO2/c1-11(12,15)13-7-5-10(6-8-13)4-2-3-9-14/h10,14-15H,4-9H2,1H3. The van der Waals surface area contributed by atoms with E-state index in [-0.39, 0.29) is 6.61 Å². The molecule has 0 aliphatic carbocycles. The van der Waals surface area contributed by atoms with Crippen LogP contribution in [0, 0.1) is 17.8 Å². The molecule has 15 heavy (non-hydrogen) atoms. The van der Waals surface area contributed by atoms with Gasteiger partial charge in [0.1, 0.15) is 6.61 Å². The van der Waals surface area contributed by atoms with E-state index in [1.54, 1.807) is 0 Å². The van der Waals surface area contributed by atoms with Crippen LogP contribution in [0.15, 0.2) is 0 Å². The van der Waals surface area contributed by atoms with E-state index in [0.717, 1.165) is 19.3 Å². The van der Waals surface area contributed by atoms with Gasteiger partial charge in [-0.25, -0.2) is 4.90 Å². The molecule has 3 nitrogen and oxygen atoms in total. The van der Waals surface area contributed by atoms with Gasteiger partial charge in [0, 0.05) is 26.4 Å². The Hall–Kier alpha value is -0.630. The van der Waals surface area contributed by atoms with Crippen molar-refractivity contribution in [3.05, 3.63) is 0 Å². The predicted molar refractivity (Wildman–Crippen MR) is 55.5 cm³/mol. The Balaban J connectivity index is 2.30. The normalized spacial score (nSPS) is 22.9. The van der Waals surface area contributed by atoms with Crippen molar-refractivity contribution in [1.29, 1.82) is 0 Å². The minimum atomic E-state index is -2.19. The number of hydrogen-bond donors (Lipinski definition) is 2. The molecule has 2 N–H and O–H groups in total. The lowest BCUT2D eigenvalue weighted by molar-refractivity contribution is -0.201. The molecule has 0 radical (unpaired) electrons. The minimum absolute atomic E-state index is 0.0992. The largest absolute Gasteiger partial charge is 0.384 e. The van der Waals surface area contributed by atoms with Crippen molar-refractivity contribution in [3.63, 3.8) is 0 Å². The average molecular weight is 215 g/mol. The Morgan fingerprint density at radius 1 is 1.40 bits per heavy atom. The third kappa shape index (κ3) is 4.17. The van der Waals surface area contributed by atoms with Gasteiger partial charge in [0.2, 0.25) is 0 Å². The molecule has 1 unspecified atom stereocenters. The van der Waals surface area contributed by atoms with Crippen molar-refractivity contribution >= 4 is 0 Å². The summed E-state index contributed by atoms with van der Waals surface area (Å²) in [6.45, 7) is 2.20. The van der Waals surface area contributed by atoms with Gasteiger partial charge in [0.15, 0.2) is 0 Å². The molecule has 0 amide bonds. The van der Waals surface area contributed by atoms with Gasteiger partial charge in [-0.1, -0.05) is 5.92 Å². The molecular formula is C11H18FNO2. The number of nitrogens with zero attached hydrogens (tertiary/aromatic N) is 1. The van der Waals surface area contributed by atoms with Crippen molar-refractivity contribution < 1.29 is 14.6 Å². The number of piperidine rings is 1. The molecule has 0 bridgehead atoms. The molecule has 86 valence electrons. The second-order valence-corrected chi connectivity index (χ2v) is 4.05. The molecule has 1 aliphatic heterocycles. The quantitative estimate of drug-likeness (QED) is 0.527. The first-order valence-corrected chi connectivity index (χ1v) is 5.27. The highest BCUT2D eigenvalue weighted by Crippen LogP contribution is 2.25. The number of alkyl halides is 1. The summed E-state index contributed by atoms with van der Waals surface area (Å²) in [5, 5.41) is 17.6. The number of aliphatic hydroxyl groups is 2. The van der Waals surface area contributed by atoms with Crippen LogP contribution in [0.4, 0.5) is 4.39 Å². The Kier molecular flexibility index (Phi) is 4.52. The Morgan fingerprint density at radius 2 is 2.00 bits per heavy atom. The van der Waals surface area contributed by atoms with E-state index < -0.39 is 5.98 Å². The molecule has 0 aromatic rings. The lowest BCUT2D eigenvalue weighted by atomic mass is 9.93. The molecule has 1 rings (SSSR count). The summed E-state index contributed by atoms with van der Waals surface area (Å²) in [6.07, 6.45) is 2.45. The van der Waals surface area contributed by atoms with Gasteiger partial charge in [0.05, 0.1) is 0 Å². The van der Waals surface area contributed by atoms with Crippen LogP contribution in [0.2, 0.25) is 0 Å². The second kappa shape index (κ2) is 5.45. The van der Waals surface area contributed by atoms with Crippen LogP contribution < -0.4 is 0 Å². The van der Waals surface area contributed by atoms with Gasteiger partial charge < -0.3 is 10.2 Å². The first-order valence-electron chi connectivity index (χ1n) is 5.27. The summed E-state index contributed by atoms with van der Waals surface area (Å²) >= 11 is 0. The molecule has 4 heteroatoms. The molecule has 1 fully saturated rings. The van der Waals surface area contributed by atoms with Crippen molar-refractivity contribution in [2.45, 2.75) is 32.2 Å². The average Bonchev–Trinajstić information content (AvgIpc) is 2.18. The third-order valence-corrected chi connectivity index (χ3v) is 2.79. The summed E-state index contributed by atoms with van der Waals surface area (Å²) in [6, 6.07) is 0. The Morgan fingerprint density at radius 3 is 2.47 bits per heavy atom. The third-order valence-electron chi connectivity index (χ3n) is 2.79. The number of likely N-dealkylation sites (tertiary alicyclic amines) is 1. The first-order chi connectivity index (χ1) is 7.04. The highest BCUT2D eigenvalue weighted by Gasteiger charge is 2.31. The zero-order chi connectivity index (χ0) is 11.3. The van der Waals surface area contributed by atoms with Crippen LogP contribution in [0.25, 0.3) is 0 Å². The van der Waals surface area contributed by atoms with Crippen LogP contribution in [0.3, 0.4) is 0 Å². The molecule has 1 aliphatic rings. The van der Waals surface area contributed by atoms with Gasteiger partial charge >= 0.3 is 0 Å². The second-order valence-electron chi connectivity index (χ2n) is 4.05. The fourth-order valence-corrected chi connectivity index (χ4v) is 1.82. The molecule has 0 saturated carbocycles. The van der Waals surface area contributed by atoms with Crippen LogP contribution in [0.1, 0.15) is 26.2 Å². The van der Waals surface area contributed by atoms with Crippen LogP contribution in [-0.2, 0) is 0 Å².